The molecule has 1 aliphatic carbocycles. The van der Waals surface area contributed by atoms with Gasteiger partial charge < -0.3 is 10.6 Å². The van der Waals surface area contributed by atoms with Gasteiger partial charge in [-0.3, -0.25) is 9.59 Å². The SMILES string of the molecule is Cc1ccc(NC(=O)C2CC2C(=O)Nc2cccc(Cl)c2C)cc1Cl. The molecule has 0 radical (unpaired) electrons. The third-order valence-corrected chi connectivity index (χ3v) is 5.25. The van der Waals surface area contributed by atoms with E-state index in [9.17, 15) is 9.59 Å². The molecule has 2 atom stereocenters. The third kappa shape index (κ3) is 3.97. The van der Waals surface area contributed by atoms with Crippen LogP contribution in [0.5, 0.6) is 0 Å². The lowest BCUT2D eigenvalue weighted by Crippen LogP contribution is -2.21. The van der Waals surface area contributed by atoms with Gasteiger partial charge in [-0.05, 0) is 55.7 Å². The van der Waals surface area contributed by atoms with Crippen LogP contribution in [0, 0.1) is 25.7 Å². The van der Waals surface area contributed by atoms with Gasteiger partial charge in [-0.25, -0.2) is 0 Å². The number of nitrogens with one attached hydrogen (secondary N) is 2. The highest BCUT2D eigenvalue weighted by atomic mass is 35.5. The minimum Gasteiger partial charge on any atom is -0.326 e. The molecule has 0 spiro atoms. The standard InChI is InChI=1S/C19H18Cl2N2O2/c1-10-6-7-12(8-16(10)21)22-18(24)13-9-14(13)19(25)23-17-5-3-4-15(20)11(17)2/h3-8,13-14H,9H2,1-2H3,(H,22,24)(H,23,25). The lowest BCUT2D eigenvalue weighted by atomic mass is 10.2. The summed E-state index contributed by atoms with van der Waals surface area (Å²) in [5.74, 6) is -0.964. The Hall–Kier alpha value is -2.04. The van der Waals surface area contributed by atoms with Crippen LogP contribution in [-0.4, -0.2) is 11.8 Å². The van der Waals surface area contributed by atoms with Crippen LogP contribution in [0.3, 0.4) is 0 Å². The number of anilines is 2. The van der Waals surface area contributed by atoms with Crippen molar-refractivity contribution in [1.82, 2.24) is 0 Å². The summed E-state index contributed by atoms with van der Waals surface area (Å²) in [7, 11) is 0. The van der Waals surface area contributed by atoms with Crippen LogP contribution in [0.2, 0.25) is 10.0 Å². The average molecular weight is 377 g/mol. The molecule has 2 aromatic carbocycles. The molecular weight excluding hydrogens is 359 g/mol. The number of hydrogen-bond donors (Lipinski definition) is 2. The van der Waals surface area contributed by atoms with Gasteiger partial charge in [0.1, 0.15) is 0 Å². The first-order valence-electron chi connectivity index (χ1n) is 8.00. The minimum absolute atomic E-state index is 0.160. The van der Waals surface area contributed by atoms with Crippen molar-refractivity contribution < 1.29 is 9.59 Å². The largest absolute Gasteiger partial charge is 0.326 e. The Morgan fingerprint density at radius 2 is 1.64 bits per heavy atom. The predicted molar refractivity (Wildman–Crippen MR) is 101 cm³/mol. The van der Waals surface area contributed by atoms with E-state index in [1.165, 1.54) is 0 Å². The van der Waals surface area contributed by atoms with Crippen molar-refractivity contribution in [1.29, 1.82) is 0 Å². The minimum atomic E-state index is -0.320. The second kappa shape index (κ2) is 7.06. The third-order valence-electron chi connectivity index (χ3n) is 4.43. The zero-order valence-electron chi connectivity index (χ0n) is 13.9. The van der Waals surface area contributed by atoms with E-state index in [-0.39, 0.29) is 23.7 Å². The van der Waals surface area contributed by atoms with Gasteiger partial charge in [-0.2, -0.15) is 0 Å². The molecule has 2 amide bonds. The molecule has 1 fully saturated rings. The Balaban J connectivity index is 1.59. The van der Waals surface area contributed by atoms with E-state index in [2.05, 4.69) is 10.6 Å². The molecule has 6 heteroatoms. The number of rotatable bonds is 4. The summed E-state index contributed by atoms with van der Waals surface area (Å²) >= 11 is 12.1. The van der Waals surface area contributed by atoms with Gasteiger partial charge in [-0.15, -0.1) is 0 Å². The molecule has 2 aromatic rings. The summed E-state index contributed by atoms with van der Waals surface area (Å²) in [6.07, 6.45) is 0.539. The second-order valence-electron chi connectivity index (χ2n) is 6.30. The van der Waals surface area contributed by atoms with Gasteiger partial charge in [0.25, 0.3) is 0 Å². The van der Waals surface area contributed by atoms with Gasteiger partial charge in [0, 0.05) is 21.4 Å². The first-order valence-corrected chi connectivity index (χ1v) is 8.75. The predicted octanol–water partition coefficient (Wildman–Crippen LogP) is 4.82. The highest BCUT2D eigenvalue weighted by Crippen LogP contribution is 2.40. The fourth-order valence-electron chi connectivity index (χ4n) is 2.65. The lowest BCUT2D eigenvalue weighted by molar-refractivity contribution is -0.122. The van der Waals surface area contributed by atoms with E-state index in [0.29, 0.717) is 27.8 Å². The summed E-state index contributed by atoms with van der Waals surface area (Å²) < 4.78 is 0. The van der Waals surface area contributed by atoms with Crippen molar-refractivity contribution in [2.24, 2.45) is 11.8 Å². The van der Waals surface area contributed by atoms with Crippen molar-refractivity contribution in [3.8, 4) is 0 Å². The number of carbonyl (C=O) groups excluding carboxylic acids is 2. The fourth-order valence-corrected chi connectivity index (χ4v) is 3.00. The van der Waals surface area contributed by atoms with E-state index in [0.717, 1.165) is 11.1 Å². The van der Waals surface area contributed by atoms with Gasteiger partial charge in [0.05, 0.1) is 11.8 Å². The van der Waals surface area contributed by atoms with Crippen molar-refractivity contribution in [2.75, 3.05) is 10.6 Å². The number of benzene rings is 2. The normalized spacial score (nSPS) is 18.6. The van der Waals surface area contributed by atoms with Gasteiger partial charge >= 0.3 is 0 Å². The van der Waals surface area contributed by atoms with E-state index < -0.39 is 0 Å². The van der Waals surface area contributed by atoms with Gasteiger partial charge in [0.2, 0.25) is 11.8 Å². The molecule has 4 nitrogen and oxygen atoms in total. The summed E-state index contributed by atoms with van der Waals surface area (Å²) in [6, 6.07) is 10.7. The van der Waals surface area contributed by atoms with Crippen LogP contribution in [0.25, 0.3) is 0 Å². The summed E-state index contributed by atoms with van der Waals surface area (Å²) in [6.45, 7) is 3.74. The second-order valence-corrected chi connectivity index (χ2v) is 7.12. The Labute approximate surface area is 156 Å². The maximum atomic E-state index is 12.3. The van der Waals surface area contributed by atoms with Gasteiger partial charge in [0.15, 0.2) is 0 Å². The van der Waals surface area contributed by atoms with Crippen LogP contribution >= 0.6 is 23.2 Å². The summed E-state index contributed by atoms with van der Waals surface area (Å²) in [4.78, 5) is 24.7. The molecule has 0 heterocycles. The highest BCUT2D eigenvalue weighted by Gasteiger charge is 2.48. The molecule has 25 heavy (non-hydrogen) atoms. The Morgan fingerprint density at radius 1 is 0.960 bits per heavy atom. The Kier molecular flexibility index (Phi) is 5.02. The maximum Gasteiger partial charge on any atom is 0.228 e. The molecule has 2 N–H and O–H groups in total. The first-order chi connectivity index (χ1) is 11.9. The van der Waals surface area contributed by atoms with E-state index >= 15 is 0 Å². The molecule has 2 unspecified atom stereocenters. The van der Waals surface area contributed by atoms with Crippen LogP contribution in [0.1, 0.15) is 17.5 Å². The molecular formula is C19H18Cl2N2O2. The molecule has 3 rings (SSSR count). The van der Waals surface area contributed by atoms with Crippen molar-refractivity contribution in [3.05, 3.63) is 57.6 Å². The van der Waals surface area contributed by atoms with Crippen molar-refractivity contribution in [3.63, 3.8) is 0 Å². The number of hydrogen-bond acceptors (Lipinski definition) is 2. The van der Waals surface area contributed by atoms with Crippen LogP contribution in [-0.2, 0) is 9.59 Å². The summed E-state index contributed by atoms with van der Waals surface area (Å²) in [5.41, 5.74) is 3.07. The molecule has 0 aliphatic heterocycles. The molecule has 130 valence electrons. The number of carbonyl (C=O) groups is 2. The van der Waals surface area contributed by atoms with E-state index in [1.54, 1.807) is 30.3 Å². The Morgan fingerprint density at radius 3 is 2.32 bits per heavy atom. The van der Waals surface area contributed by atoms with Gasteiger partial charge in [-0.1, -0.05) is 35.3 Å². The topological polar surface area (TPSA) is 58.2 Å². The molecule has 0 bridgehead atoms. The van der Waals surface area contributed by atoms with Crippen LogP contribution in [0.15, 0.2) is 36.4 Å². The fraction of sp³-hybridized carbons (Fsp3) is 0.263. The van der Waals surface area contributed by atoms with E-state index in [1.807, 2.05) is 19.9 Å². The smallest absolute Gasteiger partial charge is 0.228 e. The zero-order valence-corrected chi connectivity index (χ0v) is 15.4. The van der Waals surface area contributed by atoms with Crippen molar-refractivity contribution >= 4 is 46.4 Å². The summed E-state index contributed by atoms with van der Waals surface area (Å²) in [5, 5.41) is 6.86. The zero-order chi connectivity index (χ0) is 18.1. The highest BCUT2D eigenvalue weighted by molar-refractivity contribution is 6.32. The number of amides is 2. The van der Waals surface area contributed by atoms with Crippen LogP contribution < -0.4 is 10.6 Å². The maximum absolute atomic E-state index is 12.3. The first kappa shape index (κ1) is 17.8. The Bertz CT molecular complexity index is 851. The quantitative estimate of drug-likeness (QED) is 0.802. The van der Waals surface area contributed by atoms with Crippen LogP contribution in [0.4, 0.5) is 11.4 Å². The molecule has 1 saturated carbocycles. The monoisotopic (exact) mass is 376 g/mol. The average Bonchev–Trinajstić information content (AvgIpc) is 3.36. The molecule has 1 aliphatic rings. The molecule has 0 aromatic heterocycles. The number of aryl methyl sites for hydroxylation is 1. The lowest BCUT2D eigenvalue weighted by Gasteiger charge is -2.10. The number of halogens is 2. The molecule has 0 saturated heterocycles. The van der Waals surface area contributed by atoms with E-state index in [4.69, 9.17) is 23.2 Å². The van der Waals surface area contributed by atoms with Crippen molar-refractivity contribution in [2.45, 2.75) is 20.3 Å².